The highest BCUT2D eigenvalue weighted by Crippen LogP contribution is 2.18. The Hall–Kier alpha value is -0.810. The highest BCUT2D eigenvalue weighted by Gasteiger charge is 2.38. The van der Waals surface area contributed by atoms with Crippen LogP contribution in [-0.4, -0.2) is 54.9 Å². The van der Waals surface area contributed by atoms with Gasteiger partial charge < -0.3 is 15.4 Å². The third-order valence-corrected chi connectivity index (χ3v) is 2.91. The summed E-state index contributed by atoms with van der Waals surface area (Å²) < 4.78 is 5.44. The Morgan fingerprint density at radius 2 is 1.56 bits per heavy atom. The number of nitrogens with zero attached hydrogens (tertiary/aromatic N) is 1. The zero-order chi connectivity index (χ0) is 11.8. The van der Waals surface area contributed by atoms with E-state index in [9.17, 15) is 4.79 Å². The molecule has 2 fully saturated rings. The number of nitrogens with one attached hydrogen (secondary N) is 2. The number of hydrogen-bond acceptors (Lipinski definition) is 4. The first-order valence-corrected chi connectivity index (χ1v) is 5.90. The lowest BCUT2D eigenvalue weighted by Crippen LogP contribution is -2.68. The van der Waals surface area contributed by atoms with E-state index in [0.29, 0.717) is 0 Å². The number of ether oxygens (including phenoxy) is 1. The van der Waals surface area contributed by atoms with Crippen LogP contribution in [0, 0.1) is 0 Å². The Bertz CT molecular complexity index is 253. The molecule has 2 bridgehead atoms. The Kier molecular flexibility index (Phi) is 3.08. The Labute approximate surface area is 96.5 Å². The molecule has 2 aliphatic heterocycles. The van der Waals surface area contributed by atoms with Gasteiger partial charge in [-0.2, -0.15) is 0 Å². The van der Waals surface area contributed by atoms with Crippen molar-refractivity contribution in [2.45, 2.75) is 38.5 Å². The summed E-state index contributed by atoms with van der Waals surface area (Å²) in [6.45, 7) is 9.11. The number of rotatable bonds is 0. The van der Waals surface area contributed by atoms with Gasteiger partial charge in [0.15, 0.2) is 0 Å². The molecular weight excluding hydrogens is 206 g/mol. The molecule has 16 heavy (non-hydrogen) atoms. The highest BCUT2D eigenvalue weighted by atomic mass is 16.6. The van der Waals surface area contributed by atoms with E-state index in [4.69, 9.17) is 4.74 Å². The van der Waals surface area contributed by atoms with Gasteiger partial charge in [0, 0.05) is 26.2 Å². The van der Waals surface area contributed by atoms with Gasteiger partial charge in [-0.05, 0) is 20.8 Å². The van der Waals surface area contributed by atoms with E-state index in [0.717, 1.165) is 26.2 Å². The van der Waals surface area contributed by atoms with Gasteiger partial charge in [0.25, 0.3) is 0 Å². The van der Waals surface area contributed by atoms with Crippen LogP contribution in [0.5, 0.6) is 0 Å². The van der Waals surface area contributed by atoms with Gasteiger partial charge in [-0.15, -0.1) is 0 Å². The fourth-order valence-electron chi connectivity index (χ4n) is 2.28. The molecule has 1 amide bonds. The van der Waals surface area contributed by atoms with Crippen molar-refractivity contribution in [3.05, 3.63) is 0 Å². The summed E-state index contributed by atoms with van der Waals surface area (Å²) in [5, 5.41) is 6.69. The van der Waals surface area contributed by atoms with E-state index in [2.05, 4.69) is 10.6 Å². The molecule has 0 aromatic rings. The van der Waals surface area contributed by atoms with Crippen molar-refractivity contribution in [2.24, 2.45) is 0 Å². The fraction of sp³-hybridized carbons (Fsp3) is 0.909. The Balaban J connectivity index is 2.04. The molecule has 0 saturated carbocycles. The van der Waals surface area contributed by atoms with E-state index in [1.54, 1.807) is 0 Å². The lowest BCUT2D eigenvalue weighted by Gasteiger charge is -2.46. The molecule has 0 spiro atoms. The summed E-state index contributed by atoms with van der Waals surface area (Å²) in [7, 11) is 0. The van der Waals surface area contributed by atoms with Crippen molar-refractivity contribution in [2.75, 3.05) is 26.2 Å². The van der Waals surface area contributed by atoms with Crippen LogP contribution >= 0.6 is 0 Å². The number of carbonyl (C=O) groups is 1. The third-order valence-electron chi connectivity index (χ3n) is 2.91. The zero-order valence-electron chi connectivity index (χ0n) is 10.2. The smallest absolute Gasteiger partial charge is 0.410 e. The SMILES string of the molecule is CC(C)(C)OC(=O)N1C2CNCC1CNC2. The molecule has 2 N–H and O–H groups in total. The molecule has 2 rings (SSSR count). The van der Waals surface area contributed by atoms with Crippen LogP contribution in [0.1, 0.15) is 20.8 Å². The van der Waals surface area contributed by atoms with Gasteiger partial charge in [0.2, 0.25) is 0 Å². The Morgan fingerprint density at radius 1 is 1.12 bits per heavy atom. The van der Waals surface area contributed by atoms with Crippen LogP contribution in [0.4, 0.5) is 4.79 Å². The quantitative estimate of drug-likeness (QED) is 0.619. The summed E-state index contributed by atoms with van der Waals surface area (Å²) in [5.74, 6) is 0. The van der Waals surface area contributed by atoms with E-state index in [1.807, 2.05) is 25.7 Å². The van der Waals surface area contributed by atoms with Crippen LogP contribution in [0.15, 0.2) is 0 Å². The van der Waals surface area contributed by atoms with Crippen LogP contribution in [0.25, 0.3) is 0 Å². The largest absolute Gasteiger partial charge is 0.444 e. The molecule has 2 saturated heterocycles. The van der Waals surface area contributed by atoms with Crippen molar-refractivity contribution in [1.82, 2.24) is 15.5 Å². The summed E-state index contributed by atoms with van der Waals surface area (Å²) in [4.78, 5) is 14.0. The lowest BCUT2D eigenvalue weighted by molar-refractivity contribution is -0.00933. The van der Waals surface area contributed by atoms with Gasteiger partial charge in [0.1, 0.15) is 5.60 Å². The number of carbonyl (C=O) groups excluding carboxylic acids is 1. The van der Waals surface area contributed by atoms with Crippen molar-refractivity contribution >= 4 is 6.09 Å². The fourth-order valence-corrected chi connectivity index (χ4v) is 2.28. The second-order valence-electron chi connectivity index (χ2n) is 5.51. The van der Waals surface area contributed by atoms with Crippen LogP contribution < -0.4 is 10.6 Å². The van der Waals surface area contributed by atoms with E-state index < -0.39 is 5.60 Å². The maximum absolute atomic E-state index is 12.1. The monoisotopic (exact) mass is 227 g/mol. The average Bonchev–Trinajstić information content (AvgIpc) is 2.13. The zero-order valence-corrected chi connectivity index (χ0v) is 10.2. The van der Waals surface area contributed by atoms with Crippen molar-refractivity contribution in [1.29, 1.82) is 0 Å². The van der Waals surface area contributed by atoms with Crippen molar-refractivity contribution < 1.29 is 9.53 Å². The molecule has 0 aromatic heterocycles. The first-order chi connectivity index (χ1) is 7.47. The maximum Gasteiger partial charge on any atom is 0.410 e. The molecule has 0 atom stereocenters. The lowest BCUT2D eigenvalue weighted by atomic mass is 10.0. The molecule has 5 heteroatoms. The van der Waals surface area contributed by atoms with Crippen LogP contribution in [-0.2, 0) is 4.74 Å². The minimum absolute atomic E-state index is 0.175. The molecule has 2 heterocycles. The minimum atomic E-state index is -0.413. The van der Waals surface area contributed by atoms with Gasteiger partial charge in [-0.3, -0.25) is 4.90 Å². The summed E-state index contributed by atoms with van der Waals surface area (Å²) in [6.07, 6.45) is -0.175. The number of hydrogen-bond donors (Lipinski definition) is 2. The van der Waals surface area contributed by atoms with Gasteiger partial charge in [0.05, 0.1) is 12.1 Å². The molecule has 0 radical (unpaired) electrons. The number of fused-ring (bicyclic) bond motifs is 2. The maximum atomic E-state index is 12.1. The number of piperazine rings is 2. The van der Waals surface area contributed by atoms with Crippen LogP contribution in [0.2, 0.25) is 0 Å². The Morgan fingerprint density at radius 3 is 1.94 bits per heavy atom. The predicted octanol–water partition coefficient (Wildman–Crippen LogP) is 0.167. The predicted molar refractivity (Wildman–Crippen MR) is 61.4 cm³/mol. The topological polar surface area (TPSA) is 53.6 Å². The summed E-state index contributed by atoms with van der Waals surface area (Å²) in [6, 6.07) is 0.449. The molecule has 0 unspecified atom stereocenters. The molecule has 92 valence electrons. The standard InChI is InChI=1S/C11H21N3O2/c1-11(2,3)16-10(15)14-8-4-12-6-9(14)7-13-5-8/h8-9,12-13H,4-7H2,1-3H3. The third kappa shape index (κ3) is 2.47. The van der Waals surface area contributed by atoms with Crippen molar-refractivity contribution in [3.63, 3.8) is 0 Å². The first-order valence-electron chi connectivity index (χ1n) is 5.90. The van der Waals surface area contributed by atoms with E-state index in [-0.39, 0.29) is 18.2 Å². The highest BCUT2D eigenvalue weighted by molar-refractivity contribution is 5.69. The molecule has 0 aromatic carbocycles. The normalized spacial score (nSPS) is 30.1. The second-order valence-corrected chi connectivity index (χ2v) is 5.51. The molecule has 0 aliphatic carbocycles. The van der Waals surface area contributed by atoms with Gasteiger partial charge >= 0.3 is 6.09 Å². The van der Waals surface area contributed by atoms with Gasteiger partial charge in [-0.25, -0.2) is 4.79 Å². The van der Waals surface area contributed by atoms with Gasteiger partial charge in [-0.1, -0.05) is 0 Å². The van der Waals surface area contributed by atoms with Crippen molar-refractivity contribution in [3.8, 4) is 0 Å². The first kappa shape index (κ1) is 11.7. The average molecular weight is 227 g/mol. The van der Waals surface area contributed by atoms with E-state index >= 15 is 0 Å². The van der Waals surface area contributed by atoms with Crippen LogP contribution in [0.3, 0.4) is 0 Å². The minimum Gasteiger partial charge on any atom is -0.444 e. The molecule has 5 nitrogen and oxygen atoms in total. The second kappa shape index (κ2) is 4.22. The molecular formula is C11H21N3O2. The summed E-state index contributed by atoms with van der Waals surface area (Å²) >= 11 is 0. The summed E-state index contributed by atoms with van der Waals surface area (Å²) in [5.41, 5.74) is -0.413. The number of amides is 1. The molecule has 2 aliphatic rings. The van der Waals surface area contributed by atoms with E-state index in [1.165, 1.54) is 0 Å².